The van der Waals surface area contributed by atoms with Crippen molar-refractivity contribution in [3.8, 4) is 34.7 Å². The SMILES string of the molecule is Cc1nc(-c2cc(-c3cnn([C@]4(CC#N)C[C@H](C#N)C4)n3)c3cccnc3c2)ccc1CCO. The van der Waals surface area contributed by atoms with Crippen LogP contribution in [0.25, 0.3) is 33.4 Å². The predicted molar refractivity (Wildman–Crippen MR) is 126 cm³/mol. The first-order chi connectivity index (χ1) is 16.6. The molecule has 3 heterocycles. The summed E-state index contributed by atoms with van der Waals surface area (Å²) in [5.74, 6) is -0.0701. The van der Waals surface area contributed by atoms with Gasteiger partial charge in [-0.05, 0) is 56.0 Å². The number of aliphatic hydroxyl groups is 1. The molecule has 0 bridgehead atoms. The van der Waals surface area contributed by atoms with Gasteiger partial charge in [0.1, 0.15) is 5.69 Å². The molecule has 34 heavy (non-hydrogen) atoms. The summed E-state index contributed by atoms with van der Waals surface area (Å²) in [7, 11) is 0. The van der Waals surface area contributed by atoms with Gasteiger partial charge in [0, 0.05) is 35.0 Å². The van der Waals surface area contributed by atoms with Gasteiger partial charge in [-0.25, -0.2) is 0 Å². The number of aliphatic hydroxyl groups excluding tert-OH is 1. The van der Waals surface area contributed by atoms with Gasteiger partial charge in [-0.2, -0.15) is 25.5 Å². The highest BCUT2D eigenvalue weighted by Crippen LogP contribution is 2.45. The summed E-state index contributed by atoms with van der Waals surface area (Å²) in [6.07, 6.45) is 5.48. The van der Waals surface area contributed by atoms with Gasteiger partial charge in [0.25, 0.3) is 0 Å². The van der Waals surface area contributed by atoms with Crippen molar-refractivity contribution >= 4 is 10.9 Å². The van der Waals surface area contributed by atoms with Gasteiger partial charge in [0.05, 0.1) is 47.4 Å². The summed E-state index contributed by atoms with van der Waals surface area (Å²) >= 11 is 0. The van der Waals surface area contributed by atoms with Crippen molar-refractivity contribution in [1.29, 1.82) is 10.5 Å². The Hall–Kier alpha value is -4.14. The molecule has 1 fully saturated rings. The number of aryl methyl sites for hydroxylation is 1. The van der Waals surface area contributed by atoms with E-state index in [-0.39, 0.29) is 18.9 Å². The van der Waals surface area contributed by atoms with Crippen LogP contribution in [0.5, 0.6) is 0 Å². The van der Waals surface area contributed by atoms with Crippen LogP contribution in [0, 0.1) is 35.5 Å². The molecule has 0 unspecified atom stereocenters. The van der Waals surface area contributed by atoms with Gasteiger partial charge in [0.2, 0.25) is 0 Å². The van der Waals surface area contributed by atoms with E-state index in [1.165, 1.54) is 0 Å². The second-order valence-corrected chi connectivity index (χ2v) is 8.82. The van der Waals surface area contributed by atoms with Crippen molar-refractivity contribution in [2.45, 2.75) is 38.1 Å². The Balaban J connectivity index is 1.59. The zero-order chi connectivity index (χ0) is 23.7. The Morgan fingerprint density at radius 1 is 1.18 bits per heavy atom. The second kappa shape index (κ2) is 8.66. The van der Waals surface area contributed by atoms with E-state index < -0.39 is 5.54 Å². The zero-order valence-electron chi connectivity index (χ0n) is 18.8. The molecule has 0 saturated heterocycles. The summed E-state index contributed by atoms with van der Waals surface area (Å²) in [5, 5.41) is 38.1. The van der Waals surface area contributed by atoms with Crippen LogP contribution in [0.1, 0.15) is 30.5 Å². The zero-order valence-corrected chi connectivity index (χ0v) is 18.8. The molecule has 1 aliphatic carbocycles. The first kappa shape index (κ1) is 21.7. The minimum atomic E-state index is -0.528. The number of nitrogens with zero attached hydrogens (tertiary/aromatic N) is 7. The van der Waals surface area contributed by atoms with Gasteiger partial charge in [-0.15, -0.1) is 0 Å². The van der Waals surface area contributed by atoms with E-state index in [0.29, 0.717) is 25.0 Å². The summed E-state index contributed by atoms with van der Waals surface area (Å²) in [6.45, 7) is 2.03. The van der Waals surface area contributed by atoms with E-state index >= 15 is 0 Å². The van der Waals surface area contributed by atoms with E-state index in [1.54, 1.807) is 17.2 Å². The molecule has 8 heteroatoms. The van der Waals surface area contributed by atoms with Gasteiger partial charge < -0.3 is 5.11 Å². The minimum absolute atomic E-state index is 0.0701. The first-order valence-corrected chi connectivity index (χ1v) is 11.2. The van der Waals surface area contributed by atoms with E-state index in [1.807, 2.05) is 43.3 Å². The van der Waals surface area contributed by atoms with Crippen LogP contribution in [0.3, 0.4) is 0 Å². The van der Waals surface area contributed by atoms with Crippen LogP contribution < -0.4 is 0 Å². The molecular formula is C26H23N7O. The van der Waals surface area contributed by atoms with Gasteiger partial charge >= 0.3 is 0 Å². The van der Waals surface area contributed by atoms with Crippen LogP contribution in [-0.4, -0.2) is 36.7 Å². The maximum absolute atomic E-state index is 9.36. The largest absolute Gasteiger partial charge is 0.396 e. The van der Waals surface area contributed by atoms with E-state index in [4.69, 9.17) is 10.1 Å². The molecule has 0 aliphatic heterocycles. The number of pyridine rings is 2. The Morgan fingerprint density at radius 2 is 2.03 bits per heavy atom. The van der Waals surface area contributed by atoms with Crippen molar-refractivity contribution in [3.63, 3.8) is 0 Å². The van der Waals surface area contributed by atoms with Crippen molar-refractivity contribution in [2.75, 3.05) is 6.61 Å². The van der Waals surface area contributed by atoms with Crippen LogP contribution in [0.15, 0.2) is 48.8 Å². The standard InChI is InChI=1S/C26H23N7O/c1-17-19(6-10-34)4-5-23(31-17)20-11-22(21-3-2-9-29-24(21)12-20)25-16-30-33(32-25)26(7-8-27)13-18(14-26)15-28/h2-5,9,11-12,16,18,34H,6-7,10,13-14H2,1H3/t18-,26+. The van der Waals surface area contributed by atoms with Crippen molar-refractivity contribution in [3.05, 3.63) is 60.0 Å². The molecule has 3 aromatic heterocycles. The number of hydrogen-bond acceptors (Lipinski definition) is 7. The lowest BCUT2D eigenvalue weighted by atomic mass is 9.68. The number of fused-ring (bicyclic) bond motifs is 1. The number of aromatic nitrogens is 5. The van der Waals surface area contributed by atoms with E-state index in [2.05, 4.69) is 22.2 Å². The van der Waals surface area contributed by atoms with Crippen molar-refractivity contribution in [1.82, 2.24) is 25.0 Å². The monoisotopic (exact) mass is 449 g/mol. The normalized spacial score (nSPS) is 19.4. The lowest BCUT2D eigenvalue weighted by Crippen LogP contribution is -2.47. The molecule has 168 valence electrons. The maximum Gasteiger partial charge on any atom is 0.113 e. The highest BCUT2D eigenvalue weighted by molar-refractivity contribution is 5.96. The van der Waals surface area contributed by atoms with E-state index in [9.17, 15) is 15.6 Å². The summed E-state index contributed by atoms with van der Waals surface area (Å²) in [4.78, 5) is 11.0. The Labute approximate surface area is 197 Å². The molecular weight excluding hydrogens is 426 g/mol. The number of nitriles is 2. The summed E-state index contributed by atoms with van der Waals surface area (Å²) in [6, 6.07) is 16.4. The number of hydrogen-bond donors (Lipinski definition) is 1. The molecule has 0 atom stereocenters. The fourth-order valence-corrected chi connectivity index (χ4v) is 4.77. The van der Waals surface area contributed by atoms with Crippen LogP contribution in [0.2, 0.25) is 0 Å². The third-order valence-corrected chi connectivity index (χ3v) is 6.63. The highest BCUT2D eigenvalue weighted by atomic mass is 16.2. The summed E-state index contributed by atoms with van der Waals surface area (Å²) in [5.41, 5.74) is 5.50. The fraction of sp³-hybridized carbons (Fsp3) is 0.308. The fourth-order valence-electron chi connectivity index (χ4n) is 4.77. The van der Waals surface area contributed by atoms with Gasteiger partial charge in [-0.1, -0.05) is 12.1 Å². The smallest absolute Gasteiger partial charge is 0.113 e. The molecule has 0 amide bonds. The average molecular weight is 450 g/mol. The van der Waals surface area contributed by atoms with E-state index in [0.717, 1.165) is 39.0 Å². The third-order valence-electron chi connectivity index (χ3n) is 6.63. The number of rotatable bonds is 6. The molecule has 0 spiro atoms. The molecule has 1 aliphatic rings. The predicted octanol–water partition coefficient (Wildman–Crippen LogP) is 3.94. The Morgan fingerprint density at radius 3 is 2.76 bits per heavy atom. The Kier molecular flexibility index (Phi) is 5.53. The highest BCUT2D eigenvalue weighted by Gasteiger charge is 2.48. The third kappa shape index (κ3) is 3.68. The van der Waals surface area contributed by atoms with Crippen molar-refractivity contribution in [2.24, 2.45) is 5.92 Å². The molecule has 0 radical (unpaired) electrons. The summed E-state index contributed by atoms with van der Waals surface area (Å²) < 4.78 is 0. The molecule has 5 rings (SSSR count). The van der Waals surface area contributed by atoms with Crippen LogP contribution in [0.4, 0.5) is 0 Å². The first-order valence-electron chi connectivity index (χ1n) is 11.2. The number of benzene rings is 1. The molecule has 8 nitrogen and oxygen atoms in total. The molecule has 1 saturated carbocycles. The van der Waals surface area contributed by atoms with Crippen molar-refractivity contribution < 1.29 is 5.11 Å². The van der Waals surface area contributed by atoms with Crippen LogP contribution in [-0.2, 0) is 12.0 Å². The molecule has 1 aromatic carbocycles. The second-order valence-electron chi connectivity index (χ2n) is 8.82. The quantitative estimate of drug-likeness (QED) is 0.473. The lowest BCUT2D eigenvalue weighted by Gasteiger charge is -2.42. The minimum Gasteiger partial charge on any atom is -0.396 e. The maximum atomic E-state index is 9.36. The lowest BCUT2D eigenvalue weighted by molar-refractivity contribution is 0.0713. The van der Waals surface area contributed by atoms with Crippen LogP contribution >= 0.6 is 0 Å². The van der Waals surface area contributed by atoms with Gasteiger partial charge in [-0.3, -0.25) is 9.97 Å². The topological polar surface area (TPSA) is 124 Å². The average Bonchev–Trinajstić information content (AvgIpc) is 3.32. The Bertz CT molecular complexity index is 1450. The molecule has 4 aromatic rings. The molecule has 1 N–H and O–H groups in total. The van der Waals surface area contributed by atoms with Gasteiger partial charge in [0.15, 0.2) is 0 Å².